The molecule has 28 heavy (non-hydrogen) atoms. The number of aliphatic imine (C=N–C) groups is 1. The number of rotatable bonds is 2. The first-order valence-electron chi connectivity index (χ1n) is 9.32. The van der Waals surface area contributed by atoms with Gasteiger partial charge in [-0.3, -0.25) is 0 Å². The Labute approximate surface area is 173 Å². The number of fused-ring (bicyclic) bond motifs is 8. The second kappa shape index (κ2) is 9.11. The topological polar surface area (TPSA) is 79.6 Å². The van der Waals surface area contributed by atoms with Crippen LogP contribution >= 0.6 is 23.4 Å². The Morgan fingerprint density at radius 2 is 2.18 bits per heavy atom. The molecule has 1 unspecified atom stereocenters. The first-order valence-corrected chi connectivity index (χ1v) is 11.2. The van der Waals surface area contributed by atoms with E-state index in [1.807, 2.05) is 37.5 Å². The van der Waals surface area contributed by atoms with Crippen LogP contribution in [0.4, 0.5) is 5.82 Å². The molecule has 2 N–H and O–H groups in total. The minimum atomic E-state index is -0.485. The minimum absolute atomic E-state index is 0.485. The molecular weight excluding hydrogens is 391 g/mol. The summed E-state index contributed by atoms with van der Waals surface area (Å²) in [5.41, 5.74) is 1.61. The van der Waals surface area contributed by atoms with Crippen LogP contribution in [0.25, 0.3) is 0 Å². The van der Waals surface area contributed by atoms with E-state index < -0.39 is 6.10 Å². The van der Waals surface area contributed by atoms with Gasteiger partial charge in [-0.05, 0) is 0 Å². The van der Waals surface area contributed by atoms with Gasteiger partial charge < -0.3 is 0 Å². The fourth-order valence-corrected chi connectivity index (χ4v) is 4.60. The standard InChI is InChI=1S/C19H21BN4O2S2/c1-12-15(7-5-8-21-12)26-16-10-13-11-22-18(16)24-19-23-17(20-28-19)14(25)6-3-2-4-9-27-13/h5,7-8,10-11,14,25H,2-4,6,9H2,1H3,(H,22,23,24). The average molecular weight is 412 g/mol. The van der Waals surface area contributed by atoms with E-state index in [-0.39, 0.29) is 0 Å². The number of nitrogens with zero attached hydrogens (tertiary/aromatic N) is 3. The van der Waals surface area contributed by atoms with Crippen LogP contribution in [0.2, 0.25) is 0 Å². The SMILES string of the molecule is Cc1ncccc1Oc1cc2cnc1/N=C1/NC(=BS1)C(O)CCCCCS2. The normalized spacial score (nSPS) is 21.4. The summed E-state index contributed by atoms with van der Waals surface area (Å²) in [7, 11) is 0. The summed E-state index contributed by atoms with van der Waals surface area (Å²) in [6.45, 7) is 1.91. The van der Waals surface area contributed by atoms with Crippen LogP contribution in [0, 0.1) is 6.92 Å². The van der Waals surface area contributed by atoms with Gasteiger partial charge in [0.05, 0.1) is 0 Å². The Morgan fingerprint density at radius 1 is 1.25 bits per heavy atom. The van der Waals surface area contributed by atoms with E-state index in [4.69, 9.17) is 4.74 Å². The second-order valence-corrected chi connectivity index (χ2v) is 8.65. The number of aliphatic hydroxyl groups is 1. The van der Waals surface area contributed by atoms with Crippen molar-refractivity contribution in [2.24, 2.45) is 4.99 Å². The third-order valence-corrected chi connectivity index (χ3v) is 6.33. The van der Waals surface area contributed by atoms with Crippen LogP contribution in [0.15, 0.2) is 40.5 Å². The zero-order valence-electron chi connectivity index (χ0n) is 15.6. The maximum absolute atomic E-state index is 10.4. The van der Waals surface area contributed by atoms with E-state index in [1.54, 1.807) is 18.0 Å². The number of hydrogen-bond acceptors (Lipinski definition) is 8. The summed E-state index contributed by atoms with van der Waals surface area (Å²) in [5.74, 6) is 2.79. The van der Waals surface area contributed by atoms with Crippen LogP contribution in [0.1, 0.15) is 31.4 Å². The summed E-state index contributed by atoms with van der Waals surface area (Å²) in [4.78, 5) is 14.5. The van der Waals surface area contributed by atoms with Crippen molar-refractivity contribution in [2.75, 3.05) is 5.75 Å². The van der Waals surface area contributed by atoms with Gasteiger partial charge in [-0.2, -0.15) is 0 Å². The summed E-state index contributed by atoms with van der Waals surface area (Å²) in [6.07, 6.45) is 8.97. The maximum atomic E-state index is 10.4. The van der Waals surface area contributed by atoms with Crippen LogP contribution in [-0.4, -0.2) is 43.9 Å². The molecule has 5 heterocycles. The molecule has 0 spiro atoms. The number of pyridine rings is 2. The van der Waals surface area contributed by atoms with Crippen molar-refractivity contribution >= 4 is 46.1 Å². The van der Waals surface area contributed by atoms with Gasteiger partial charge in [0.15, 0.2) is 0 Å². The molecule has 144 valence electrons. The van der Waals surface area contributed by atoms with Crippen molar-refractivity contribution < 1.29 is 9.84 Å². The third kappa shape index (κ3) is 4.77. The summed E-state index contributed by atoms with van der Waals surface area (Å²) in [5, 5.41) is 14.3. The van der Waals surface area contributed by atoms with E-state index in [9.17, 15) is 5.11 Å². The van der Waals surface area contributed by atoms with Gasteiger partial charge in [0.2, 0.25) is 0 Å². The van der Waals surface area contributed by atoms with Crippen molar-refractivity contribution in [3.63, 3.8) is 0 Å². The fraction of sp³-hybridized carbons (Fsp3) is 0.368. The monoisotopic (exact) mass is 412 g/mol. The molecule has 4 bridgehead atoms. The number of aliphatic hydroxyl groups excluding tert-OH is 1. The molecule has 2 aromatic heterocycles. The molecule has 9 heteroatoms. The quantitative estimate of drug-likeness (QED) is 0.729. The predicted octanol–water partition coefficient (Wildman–Crippen LogP) is 3.68. The zero-order valence-corrected chi connectivity index (χ0v) is 17.2. The average Bonchev–Trinajstić information content (AvgIpc) is 3.16. The van der Waals surface area contributed by atoms with E-state index in [1.165, 1.54) is 11.6 Å². The van der Waals surface area contributed by atoms with E-state index >= 15 is 0 Å². The number of ether oxygens (including phenoxy) is 1. The first-order chi connectivity index (χ1) is 13.7. The summed E-state index contributed by atoms with van der Waals surface area (Å²) >= 11 is 3.22. The number of nitrogens with one attached hydrogen (secondary N) is 1. The van der Waals surface area contributed by atoms with Gasteiger partial charge in [0, 0.05) is 0 Å². The summed E-state index contributed by atoms with van der Waals surface area (Å²) < 4.78 is 6.14. The first kappa shape index (κ1) is 19.5. The predicted molar refractivity (Wildman–Crippen MR) is 117 cm³/mol. The van der Waals surface area contributed by atoms with Crippen molar-refractivity contribution in [1.82, 2.24) is 15.3 Å². The van der Waals surface area contributed by atoms with Crippen LogP contribution in [0.5, 0.6) is 11.5 Å². The number of thioether (sulfide) groups is 1. The van der Waals surface area contributed by atoms with Gasteiger partial charge >= 0.3 is 173 Å². The molecular formula is C19H21BN4O2S2. The van der Waals surface area contributed by atoms with Gasteiger partial charge in [0.1, 0.15) is 0 Å². The van der Waals surface area contributed by atoms with Crippen molar-refractivity contribution in [3.8, 4) is 11.5 Å². The third-order valence-electron chi connectivity index (χ3n) is 4.49. The second-order valence-electron chi connectivity index (χ2n) is 6.63. The fourth-order valence-electron chi connectivity index (χ4n) is 2.93. The molecule has 5 rings (SSSR count). The number of hydrogen-bond donors (Lipinski definition) is 2. The molecule has 0 fully saturated rings. The van der Waals surface area contributed by atoms with Gasteiger partial charge in [-0.1, -0.05) is 0 Å². The van der Waals surface area contributed by atoms with E-state index in [2.05, 4.69) is 20.3 Å². The molecule has 1 atom stereocenters. The van der Waals surface area contributed by atoms with Crippen LogP contribution in [0.3, 0.4) is 0 Å². The van der Waals surface area contributed by atoms with Crippen molar-refractivity contribution in [3.05, 3.63) is 36.3 Å². The Kier molecular flexibility index (Phi) is 6.34. The number of aromatic nitrogens is 2. The summed E-state index contributed by atoms with van der Waals surface area (Å²) in [6, 6.07) is 5.73. The molecule has 0 amide bonds. The Balaban J connectivity index is 1.67. The molecule has 0 radical (unpaired) electrons. The van der Waals surface area contributed by atoms with Crippen LogP contribution in [-0.2, 0) is 0 Å². The number of aryl methyl sites for hydroxylation is 1. The molecule has 0 saturated carbocycles. The van der Waals surface area contributed by atoms with E-state index in [0.29, 0.717) is 22.5 Å². The van der Waals surface area contributed by atoms with Crippen LogP contribution < -0.4 is 10.1 Å². The molecule has 3 aliphatic heterocycles. The molecule has 6 nitrogen and oxygen atoms in total. The van der Waals surface area contributed by atoms with Gasteiger partial charge in [0.25, 0.3) is 0 Å². The van der Waals surface area contributed by atoms with Gasteiger partial charge in [-0.25, -0.2) is 0 Å². The zero-order chi connectivity index (χ0) is 19.3. The van der Waals surface area contributed by atoms with E-state index in [0.717, 1.165) is 47.6 Å². The van der Waals surface area contributed by atoms with Crippen molar-refractivity contribution in [2.45, 2.75) is 43.6 Å². The number of amidine groups is 1. The molecule has 3 aliphatic rings. The Bertz CT molecular complexity index is 923. The Morgan fingerprint density at radius 3 is 3.07 bits per heavy atom. The molecule has 0 saturated heterocycles. The molecule has 0 aromatic carbocycles. The Hall–Kier alpha value is -1.84. The van der Waals surface area contributed by atoms with Gasteiger partial charge in [-0.15, -0.1) is 0 Å². The molecule has 2 aromatic rings. The van der Waals surface area contributed by atoms with Crippen molar-refractivity contribution in [1.29, 1.82) is 0 Å². The molecule has 0 aliphatic carbocycles.